The predicted molar refractivity (Wildman–Crippen MR) is 81.4 cm³/mol. The molecule has 0 spiro atoms. The molecule has 0 unspecified atom stereocenters. The number of amides is 2. The Labute approximate surface area is 137 Å². The fraction of sp³-hybridized carbons (Fsp3) is 0.500. The summed E-state index contributed by atoms with van der Waals surface area (Å²) in [5, 5.41) is 14.5. The Kier molecular flexibility index (Phi) is 5.48. The van der Waals surface area contributed by atoms with Gasteiger partial charge in [0.2, 0.25) is 5.91 Å². The van der Waals surface area contributed by atoms with Crippen molar-refractivity contribution >= 4 is 17.5 Å². The van der Waals surface area contributed by atoms with Gasteiger partial charge in [-0.05, 0) is 31.0 Å². The molecule has 2 rings (SSSR count). The molecule has 0 bridgehead atoms. The van der Waals surface area contributed by atoms with Gasteiger partial charge in [0.1, 0.15) is 0 Å². The molecule has 3 N–H and O–H groups in total. The number of rotatable bonds is 4. The molecular formula is C16H19F3N2O3. The van der Waals surface area contributed by atoms with E-state index in [0.29, 0.717) is 6.42 Å². The van der Waals surface area contributed by atoms with Crippen LogP contribution in [-0.4, -0.2) is 29.6 Å². The summed E-state index contributed by atoms with van der Waals surface area (Å²) >= 11 is 0. The highest BCUT2D eigenvalue weighted by Crippen LogP contribution is 2.32. The number of anilines is 1. The quantitative estimate of drug-likeness (QED) is 0.785. The topological polar surface area (TPSA) is 78.4 Å². The first-order chi connectivity index (χ1) is 11.2. The average Bonchev–Trinajstić information content (AvgIpc) is 2.88. The van der Waals surface area contributed by atoms with Crippen molar-refractivity contribution < 1.29 is 27.9 Å². The number of aliphatic hydroxyl groups excluding tert-OH is 1. The summed E-state index contributed by atoms with van der Waals surface area (Å²) in [6.45, 7) is 1.37. The third-order valence-corrected chi connectivity index (χ3v) is 3.99. The Morgan fingerprint density at radius 1 is 1.25 bits per heavy atom. The molecule has 5 nitrogen and oxygen atoms in total. The number of carbonyl (C=O) groups is 2. The van der Waals surface area contributed by atoms with Gasteiger partial charge in [0.05, 0.1) is 11.7 Å². The second-order valence-electron chi connectivity index (χ2n) is 5.95. The molecule has 1 aliphatic carbocycles. The molecule has 1 aliphatic rings. The third-order valence-electron chi connectivity index (χ3n) is 3.99. The van der Waals surface area contributed by atoms with Crippen molar-refractivity contribution in [2.24, 2.45) is 5.92 Å². The van der Waals surface area contributed by atoms with Gasteiger partial charge >= 0.3 is 6.18 Å². The van der Waals surface area contributed by atoms with Gasteiger partial charge in [0.15, 0.2) is 0 Å². The van der Waals surface area contributed by atoms with Gasteiger partial charge < -0.3 is 15.7 Å². The number of alkyl halides is 3. The maximum absolute atomic E-state index is 13.0. The van der Waals surface area contributed by atoms with Crippen LogP contribution in [0.4, 0.5) is 18.9 Å². The fourth-order valence-corrected chi connectivity index (χ4v) is 2.78. The summed E-state index contributed by atoms with van der Waals surface area (Å²) in [4.78, 5) is 23.2. The zero-order chi connectivity index (χ0) is 17.9. The Morgan fingerprint density at radius 3 is 2.50 bits per heavy atom. The van der Waals surface area contributed by atoms with E-state index in [1.165, 1.54) is 13.0 Å². The van der Waals surface area contributed by atoms with Crippen molar-refractivity contribution in [1.29, 1.82) is 0 Å². The SMILES string of the molecule is CC(=O)Nc1cc(C(=O)NC[C@@H]2CCC[C@H]2O)cc(C(F)(F)F)c1. The lowest BCUT2D eigenvalue weighted by Crippen LogP contribution is -2.32. The van der Waals surface area contributed by atoms with Crippen LogP contribution < -0.4 is 10.6 Å². The molecule has 132 valence electrons. The highest BCUT2D eigenvalue weighted by atomic mass is 19.4. The van der Waals surface area contributed by atoms with E-state index in [9.17, 15) is 27.9 Å². The van der Waals surface area contributed by atoms with Crippen LogP contribution in [0.1, 0.15) is 42.1 Å². The molecule has 8 heteroatoms. The maximum Gasteiger partial charge on any atom is 0.416 e. The molecule has 1 fully saturated rings. The van der Waals surface area contributed by atoms with Crippen molar-refractivity contribution in [3.05, 3.63) is 29.3 Å². The molecule has 0 heterocycles. The van der Waals surface area contributed by atoms with E-state index in [1.807, 2.05) is 0 Å². The molecule has 2 amide bonds. The molecule has 24 heavy (non-hydrogen) atoms. The number of halogens is 3. The minimum Gasteiger partial charge on any atom is -0.393 e. The number of aliphatic hydroxyl groups is 1. The molecule has 1 aromatic rings. The van der Waals surface area contributed by atoms with Crippen molar-refractivity contribution in [3.63, 3.8) is 0 Å². The van der Waals surface area contributed by atoms with Crippen LogP contribution in [-0.2, 0) is 11.0 Å². The van der Waals surface area contributed by atoms with E-state index in [0.717, 1.165) is 25.0 Å². The lowest BCUT2D eigenvalue weighted by atomic mass is 10.1. The number of nitrogens with one attached hydrogen (secondary N) is 2. The van der Waals surface area contributed by atoms with Crippen LogP contribution >= 0.6 is 0 Å². The molecule has 1 saturated carbocycles. The standard InChI is InChI=1S/C16H19F3N2O3/c1-9(22)21-13-6-11(5-12(7-13)16(17,18)19)15(24)20-8-10-3-2-4-14(10)23/h5-7,10,14,23H,2-4,8H2,1H3,(H,20,24)(H,21,22)/t10-,14+/m0/s1. The van der Waals surface area contributed by atoms with Gasteiger partial charge in [0.25, 0.3) is 5.91 Å². The summed E-state index contributed by atoms with van der Waals surface area (Å²) < 4.78 is 38.9. The van der Waals surface area contributed by atoms with Gasteiger partial charge in [0, 0.05) is 30.6 Å². The normalized spacial score (nSPS) is 20.7. The predicted octanol–water partition coefficient (Wildman–Crippen LogP) is 2.55. The molecule has 0 aliphatic heterocycles. The van der Waals surface area contributed by atoms with Crippen LogP contribution in [0.3, 0.4) is 0 Å². The van der Waals surface area contributed by atoms with E-state index in [4.69, 9.17) is 0 Å². The smallest absolute Gasteiger partial charge is 0.393 e. The Morgan fingerprint density at radius 2 is 1.96 bits per heavy atom. The first-order valence-electron chi connectivity index (χ1n) is 7.63. The molecule has 0 aromatic heterocycles. The van der Waals surface area contributed by atoms with E-state index in [1.54, 1.807) is 0 Å². The Balaban J connectivity index is 2.17. The zero-order valence-electron chi connectivity index (χ0n) is 13.1. The van der Waals surface area contributed by atoms with E-state index < -0.39 is 29.7 Å². The first-order valence-corrected chi connectivity index (χ1v) is 7.63. The first kappa shape index (κ1) is 18.3. The molecule has 0 radical (unpaired) electrons. The fourth-order valence-electron chi connectivity index (χ4n) is 2.78. The van der Waals surface area contributed by atoms with Crippen molar-refractivity contribution in [2.75, 3.05) is 11.9 Å². The Hall–Kier alpha value is -2.09. The molecule has 1 aromatic carbocycles. The Bertz CT molecular complexity index is 631. The minimum absolute atomic E-state index is 0.0884. The second-order valence-corrected chi connectivity index (χ2v) is 5.95. The average molecular weight is 344 g/mol. The number of hydrogen-bond donors (Lipinski definition) is 3. The van der Waals surface area contributed by atoms with Crippen molar-refractivity contribution in [1.82, 2.24) is 5.32 Å². The zero-order valence-corrected chi connectivity index (χ0v) is 13.1. The summed E-state index contributed by atoms with van der Waals surface area (Å²) in [5.41, 5.74) is -1.30. The van der Waals surface area contributed by atoms with Crippen LogP contribution in [0.15, 0.2) is 18.2 Å². The maximum atomic E-state index is 13.0. The molecule has 2 atom stereocenters. The second kappa shape index (κ2) is 7.21. The monoisotopic (exact) mass is 344 g/mol. The van der Waals surface area contributed by atoms with Gasteiger partial charge in [-0.25, -0.2) is 0 Å². The summed E-state index contributed by atoms with van der Waals surface area (Å²) in [7, 11) is 0. The van der Waals surface area contributed by atoms with E-state index in [2.05, 4.69) is 10.6 Å². The molecule has 0 saturated heterocycles. The van der Waals surface area contributed by atoms with E-state index in [-0.39, 0.29) is 23.7 Å². The van der Waals surface area contributed by atoms with Crippen molar-refractivity contribution in [3.8, 4) is 0 Å². The van der Waals surface area contributed by atoms with Crippen LogP contribution in [0.2, 0.25) is 0 Å². The van der Waals surface area contributed by atoms with E-state index >= 15 is 0 Å². The number of hydrogen-bond acceptors (Lipinski definition) is 3. The highest BCUT2D eigenvalue weighted by Gasteiger charge is 2.32. The largest absolute Gasteiger partial charge is 0.416 e. The van der Waals surface area contributed by atoms with Crippen LogP contribution in [0.5, 0.6) is 0 Å². The molecular weight excluding hydrogens is 325 g/mol. The van der Waals surface area contributed by atoms with Gasteiger partial charge in [-0.2, -0.15) is 13.2 Å². The minimum atomic E-state index is -4.63. The lowest BCUT2D eigenvalue weighted by Gasteiger charge is -2.16. The summed E-state index contributed by atoms with van der Waals surface area (Å²) in [5.74, 6) is -1.30. The number of carbonyl (C=O) groups excluding carboxylic acids is 2. The van der Waals surface area contributed by atoms with Crippen LogP contribution in [0.25, 0.3) is 0 Å². The third kappa shape index (κ3) is 4.70. The summed E-state index contributed by atoms with van der Waals surface area (Å²) in [6, 6.07) is 2.71. The van der Waals surface area contributed by atoms with Crippen LogP contribution in [0, 0.1) is 5.92 Å². The van der Waals surface area contributed by atoms with Gasteiger partial charge in [-0.3, -0.25) is 9.59 Å². The highest BCUT2D eigenvalue weighted by molar-refractivity contribution is 5.97. The van der Waals surface area contributed by atoms with Gasteiger partial charge in [-0.15, -0.1) is 0 Å². The van der Waals surface area contributed by atoms with Gasteiger partial charge in [-0.1, -0.05) is 6.42 Å². The summed E-state index contributed by atoms with van der Waals surface area (Å²) in [6.07, 6.45) is -2.84. The number of benzene rings is 1. The lowest BCUT2D eigenvalue weighted by molar-refractivity contribution is -0.137. The van der Waals surface area contributed by atoms with Crippen molar-refractivity contribution in [2.45, 2.75) is 38.5 Å².